The van der Waals surface area contributed by atoms with E-state index in [9.17, 15) is 9.18 Å². The van der Waals surface area contributed by atoms with Crippen LogP contribution in [0.15, 0.2) is 61.2 Å². The number of benzene rings is 1. The van der Waals surface area contributed by atoms with Gasteiger partial charge in [0, 0.05) is 48.0 Å². The molecule has 4 heterocycles. The first-order chi connectivity index (χ1) is 14.6. The number of rotatable bonds is 4. The van der Waals surface area contributed by atoms with E-state index in [1.807, 2.05) is 17.3 Å². The highest BCUT2D eigenvalue weighted by Gasteiger charge is 2.33. The quantitative estimate of drug-likeness (QED) is 0.557. The number of hydrogen-bond acceptors (Lipinski definition) is 3. The summed E-state index contributed by atoms with van der Waals surface area (Å²) >= 11 is 0. The van der Waals surface area contributed by atoms with E-state index < -0.39 is 0 Å². The molecule has 7 heteroatoms. The molecule has 6 nitrogen and oxygen atoms in total. The van der Waals surface area contributed by atoms with Crippen molar-refractivity contribution in [2.75, 3.05) is 6.54 Å². The van der Waals surface area contributed by atoms with E-state index in [0.717, 1.165) is 35.1 Å². The number of amides is 1. The molecule has 1 N–H and O–H groups in total. The number of nitrogens with one attached hydrogen (secondary N) is 1. The number of hydrogen-bond donors (Lipinski definition) is 1. The molecule has 0 saturated carbocycles. The lowest BCUT2D eigenvalue weighted by atomic mass is 10.1. The first-order valence-corrected chi connectivity index (χ1v) is 10.1. The molecular weight excluding hydrogens is 381 g/mol. The van der Waals surface area contributed by atoms with Gasteiger partial charge in [-0.05, 0) is 55.7 Å². The van der Waals surface area contributed by atoms with E-state index in [4.69, 9.17) is 0 Å². The number of likely N-dealkylation sites (tertiary alicyclic amines) is 1. The predicted octanol–water partition coefficient (Wildman–Crippen LogP) is 4.12. The number of aromatic nitrogens is 4. The zero-order chi connectivity index (χ0) is 20.7. The average Bonchev–Trinajstić information content (AvgIpc) is 3.49. The zero-order valence-electron chi connectivity index (χ0n) is 16.6. The number of nitrogens with zero attached hydrogens (tertiary/aromatic N) is 4. The fourth-order valence-corrected chi connectivity index (χ4v) is 4.39. The maximum atomic E-state index is 13.2. The van der Waals surface area contributed by atoms with Crippen LogP contribution in [0.5, 0.6) is 0 Å². The smallest absolute Gasteiger partial charge is 0.254 e. The maximum absolute atomic E-state index is 13.2. The molecule has 30 heavy (non-hydrogen) atoms. The molecule has 0 bridgehead atoms. The summed E-state index contributed by atoms with van der Waals surface area (Å²) in [7, 11) is 0. The van der Waals surface area contributed by atoms with Crippen LogP contribution in [0.4, 0.5) is 4.39 Å². The number of halogens is 1. The highest BCUT2D eigenvalue weighted by atomic mass is 19.1. The van der Waals surface area contributed by atoms with Crippen molar-refractivity contribution in [1.82, 2.24) is 24.6 Å². The van der Waals surface area contributed by atoms with Crippen LogP contribution in [0.25, 0.3) is 22.2 Å². The van der Waals surface area contributed by atoms with Gasteiger partial charge in [0.05, 0.1) is 23.6 Å². The van der Waals surface area contributed by atoms with Crippen molar-refractivity contribution in [1.29, 1.82) is 0 Å². The number of carbonyl (C=O) groups is 1. The molecule has 4 aromatic rings. The predicted molar refractivity (Wildman–Crippen MR) is 112 cm³/mol. The van der Waals surface area contributed by atoms with Gasteiger partial charge in [-0.15, -0.1) is 0 Å². The van der Waals surface area contributed by atoms with E-state index in [1.54, 1.807) is 18.3 Å². The molecule has 0 aliphatic carbocycles. The van der Waals surface area contributed by atoms with Crippen LogP contribution in [0.3, 0.4) is 0 Å². The summed E-state index contributed by atoms with van der Waals surface area (Å²) in [5.74, 6) is -0.00903. The summed E-state index contributed by atoms with van der Waals surface area (Å²) < 4.78 is 15.4. The van der Waals surface area contributed by atoms with Crippen molar-refractivity contribution in [3.05, 3.63) is 72.6 Å². The van der Waals surface area contributed by atoms with E-state index in [2.05, 4.69) is 45.0 Å². The van der Waals surface area contributed by atoms with Gasteiger partial charge in [0.15, 0.2) is 0 Å². The van der Waals surface area contributed by atoms with Gasteiger partial charge in [0.25, 0.3) is 5.91 Å². The second-order valence-electron chi connectivity index (χ2n) is 8.00. The molecule has 2 atom stereocenters. The number of fused-ring (bicyclic) bond motifs is 1. The second kappa shape index (κ2) is 7.40. The van der Waals surface area contributed by atoms with Gasteiger partial charge in [-0.25, -0.2) is 4.39 Å². The summed E-state index contributed by atoms with van der Waals surface area (Å²) in [4.78, 5) is 19.3. The van der Waals surface area contributed by atoms with Crippen molar-refractivity contribution >= 4 is 16.8 Å². The Morgan fingerprint density at radius 3 is 2.83 bits per heavy atom. The number of carbonyl (C=O) groups excluding carboxylic acids is 1. The molecule has 5 rings (SSSR count). The van der Waals surface area contributed by atoms with Crippen LogP contribution in [0.1, 0.15) is 23.7 Å². The van der Waals surface area contributed by atoms with Gasteiger partial charge in [0.2, 0.25) is 0 Å². The maximum Gasteiger partial charge on any atom is 0.254 e. The van der Waals surface area contributed by atoms with Crippen molar-refractivity contribution in [3.63, 3.8) is 0 Å². The monoisotopic (exact) mass is 403 g/mol. The molecule has 1 aliphatic rings. The molecule has 1 saturated heterocycles. The minimum absolute atomic E-state index is 0.0335. The van der Waals surface area contributed by atoms with Crippen molar-refractivity contribution in [3.8, 4) is 11.3 Å². The highest BCUT2D eigenvalue weighted by molar-refractivity contribution is 5.94. The third-order valence-electron chi connectivity index (χ3n) is 5.92. The number of pyridine rings is 1. The summed E-state index contributed by atoms with van der Waals surface area (Å²) in [5.41, 5.74) is 3.47. The van der Waals surface area contributed by atoms with E-state index in [1.165, 1.54) is 12.1 Å². The van der Waals surface area contributed by atoms with Crippen LogP contribution < -0.4 is 0 Å². The third kappa shape index (κ3) is 3.36. The molecule has 0 radical (unpaired) electrons. The lowest BCUT2D eigenvalue weighted by molar-refractivity contribution is 0.0742. The largest absolute Gasteiger partial charge is 0.346 e. The van der Waals surface area contributed by atoms with Gasteiger partial charge in [0.1, 0.15) is 5.82 Å². The topological polar surface area (TPSA) is 66.8 Å². The van der Waals surface area contributed by atoms with Crippen LogP contribution in [0, 0.1) is 11.7 Å². The van der Waals surface area contributed by atoms with Gasteiger partial charge in [-0.1, -0.05) is 0 Å². The molecular formula is C23H22FN5O. The molecule has 1 fully saturated rings. The minimum Gasteiger partial charge on any atom is -0.346 e. The molecule has 0 spiro atoms. The summed E-state index contributed by atoms with van der Waals surface area (Å²) in [6, 6.07) is 10.1. The van der Waals surface area contributed by atoms with Crippen LogP contribution >= 0.6 is 0 Å². The highest BCUT2D eigenvalue weighted by Crippen LogP contribution is 2.28. The molecule has 1 amide bonds. The van der Waals surface area contributed by atoms with Crippen LogP contribution in [-0.2, 0) is 6.54 Å². The Labute approximate surface area is 173 Å². The molecule has 1 aliphatic heterocycles. The lowest BCUT2D eigenvalue weighted by Gasteiger charge is -2.21. The third-order valence-corrected chi connectivity index (χ3v) is 5.92. The van der Waals surface area contributed by atoms with Crippen molar-refractivity contribution in [2.24, 2.45) is 5.92 Å². The second-order valence-corrected chi connectivity index (χ2v) is 8.00. The zero-order valence-corrected chi connectivity index (χ0v) is 16.6. The summed E-state index contributed by atoms with van der Waals surface area (Å²) in [6.07, 6.45) is 8.51. The van der Waals surface area contributed by atoms with Crippen LogP contribution in [-0.4, -0.2) is 43.1 Å². The van der Waals surface area contributed by atoms with Gasteiger partial charge in [-0.2, -0.15) is 5.10 Å². The number of H-pyrrole nitrogens is 1. The Hall–Kier alpha value is -3.48. The van der Waals surface area contributed by atoms with Crippen molar-refractivity contribution < 1.29 is 9.18 Å². The molecule has 0 unspecified atom stereocenters. The lowest BCUT2D eigenvalue weighted by Crippen LogP contribution is -2.34. The Kier molecular flexibility index (Phi) is 4.58. The average molecular weight is 403 g/mol. The normalized spacial score (nSPS) is 18.9. The van der Waals surface area contributed by atoms with E-state index >= 15 is 0 Å². The summed E-state index contributed by atoms with van der Waals surface area (Å²) in [6.45, 7) is 3.60. The van der Waals surface area contributed by atoms with Gasteiger partial charge < -0.3 is 9.47 Å². The first-order valence-electron chi connectivity index (χ1n) is 10.1. The fourth-order valence-electron chi connectivity index (χ4n) is 4.39. The Bertz CT molecular complexity index is 1180. The van der Waals surface area contributed by atoms with E-state index in [-0.39, 0.29) is 17.8 Å². The molecule has 3 aromatic heterocycles. The minimum atomic E-state index is -0.331. The Morgan fingerprint density at radius 1 is 1.23 bits per heavy atom. The molecule has 152 valence electrons. The van der Waals surface area contributed by atoms with Crippen LogP contribution in [0.2, 0.25) is 0 Å². The van der Waals surface area contributed by atoms with Gasteiger partial charge >= 0.3 is 0 Å². The summed E-state index contributed by atoms with van der Waals surface area (Å²) in [5, 5.41) is 7.93. The van der Waals surface area contributed by atoms with Crippen molar-refractivity contribution in [2.45, 2.75) is 25.9 Å². The Morgan fingerprint density at radius 2 is 2.07 bits per heavy atom. The molecule has 1 aromatic carbocycles. The van der Waals surface area contributed by atoms with E-state index in [0.29, 0.717) is 18.0 Å². The Balaban J connectivity index is 1.32. The SMILES string of the molecule is C[C@H]1C[C@@H](Cn2ccc3cc(-c4cn[nH]c4)ncc32)CN1C(=O)c1ccc(F)cc1. The fraction of sp³-hybridized carbons (Fsp3) is 0.261. The van der Waals surface area contributed by atoms with Gasteiger partial charge in [-0.3, -0.25) is 14.9 Å². The first kappa shape index (κ1) is 18.5. The standard InChI is InChI=1S/C23H22FN5O/c1-15-8-16(14-29(15)23(30)17-2-4-20(24)5-3-17)13-28-7-6-18-9-21(25-12-22(18)28)19-10-26-27-11-19/h2-7,9-12,15-16H,8,13-14H2,1H3,(H,26,27)/t15-,16-/m0/s1. The number of aromatic amines is 1.